The lowest BCUT2D eigenvalue weighted by Crippen LogP contribution is -2.48. The van der Waals surface area contributed by atoms with Gasteiger partial charge in [-0.15, -0.1) is 0 Å². The molecule has 1 aliphatic rings. The average molecular weight is 486 g/mol. The predicted molar refractivity (Wildman–Crippen MR) is 133 cm³/mol. The summed E-state index contributed by atoms with van der Waals surface area (Å²) in [6.45, 7) is 3.39. The van der Waals surface area contributed by atoms with Gasteiger partial charge in [-0.05, 0) is 54.9 Å². The van der Waals surface area contributed by atoms with E-state index in [1.807, 2.05) is 31.2 Å². The highest BCUT2D eigenvalue weighted by Gasteiger charge is 2.43. The molecule has 8 heteroatoms. The number of rotatable bonds is 10. The number of nitrogens with two attached hydrogens (primary N) is 1. The van der Waals surface area contributed by atoms with Crippen molar-refractivity contribution in [3.05, 3.63) is 59.4 Å². The van der Waals surface area contributed by atoms with E-state index in [-0.39, 0.29) is 37.8 Å². The summed E-state index contributed by atoms with van der Waals surface area (Å²) < 4.78 is 15.4. The molecule has 2 aromatic carbocycles. The van der Waals surface area contributed by atoms with Gasteiger partial charge < -0.3 is 26.2 Å². The lowest BCUT2D eigenvalue weighted by Gasteiger charge is -2.43. The van der Waals surface area contributed by atoms with Crippen LogP contribution in [-0.2, 0) is 16.8 Å². The summed E-state index contributed by atoms with van der Waals surface area (Å²) in [6, 6.07) is 12.4. The van der Waals surface area contributed by atoms with Gasteiger partial charge in [0.1, 0.15) is 5.82 Å². The van der Waals surface area contributed by atoms with Gasteiger partial charge in [-0.3, -0.25) is 4.79 Å². The quantitative estimate of drug-likeness (QED) is 0.381. The number of aryl methyl sites for hydroxylation is 1. The first-order chi connectivity index (χ1) is 16.8. The Morgan fingerprint density at radius 2 is 2.03 bits per heavy atom. The summed E-state index contributed by atoms with van der Waals surface area (Å²) in [5, 5.41) is 23.6. The SMILES string of the molecule is CCc1cccc(-c2c(F)cccc2C(O)(CCCNC(=O)O)C2CCCN(C(=O)CCN)C2)c1. The molecule has 5 N–H and O–H groups in total. The number of hydrogen-bond donors (Lipinski definition) is 4. The van der Waals surface area contributed by atoms with Crippen LogP contribution in [0.1, 0.15) is 50.2 Å². The summed E-state index contributed by atoms with van der Waals surface area (Å²) in [7, 11) is 0. The Morgan fingerprint density at radius 1 is 1.26 bits per heavy atom. The average Bonchev–Trinajstić information content (AvgIpc) is 2.86. The van der Waals surface area contributed by atoms with E-state index in [2.05, 4.69) is 5.32 Å². The van der Waals surface area contributed by atoms with Crippen molar-refractivity contribution in [2.75, 3.05) is 26.2 Å². The maximum Gasteiger partial charge on any atom is 0.404 e. The third-order valence-electron chi connectivity index (χ3n) is 6.92. The number of piperidine rings is 1. The lowest BCUT2D eigenvalue weighted by molar-refractivity contribution is -0.136. The highest BCUT2D eigenvalue weighted by molar-refractivity contribution is 5.76. The second kappa shape index (κ2) is 12.1. The summed E-state index contributed by atoms with van der Waals surface area (Å²) in [6.07, 6.45) is 1.87. The van der Waals surface area contributed by atoms with Crippen LogP contribution in [0.2, 0.25) is 0 Å². The Labute approximate surface area is 206 Å². The van der Waals surface area contributed by atoms with Crippen LogP contribution in [0.25, 0.3) is 11.1 Å². The first-order valence-electron chi connectivity index (χ1n) is 12.4. The van der Waals surface area contributed by atoms with Gasteiger partial charge in [0, 0.05) is 44.1 Å². The van der Waals surface area contributed by atoms with Gasteiger partial charge in [0.25, 0.3) is 0 Å². The van der Waals surface area contributed by atoms with Crippen molar-refractivity contribution in [1.82, 2.24) is 10.2 Å². The molecule has 0 spiro atoms. The molecule has 2 aromatic rings. The van der Waals surface area contributed by atoms with Crippen molar-refractivity contribution in [2.24, 2.45) is 11.7 Å². The van der Waals surface area contributed by atoms with Crippen molar-refractivity contribution in [2.45, 2.75) is 51.0 Å². The number of amides is 2. The van der Waals surface area contributed by atoms with Crippen molar-refractivity contribution in [1.29, 1.82) is 0 Å². The molecule has 1 heterocycles. The fourth-order valence-corrected chi connectivity index (χ4v) is 5.11. The highest BCUT2D eigenvalue weighted by atomic mass is 19.1. The predicted octanol–water partition coefficient (Wildman–Crippen LogP) is 3.88. The normalized spacial score (nSPS) is 17.6. The zero-order valence-electron chi connectivity index (χ0n) is 20.3. The molecule has 1 aliphatic heterocycles. The number of likely N-dealkylation sites (tertiary alicyclic amines) is 1. The third-order valence-corrected chi connectivity index (χ3v) is 6.92. The van der Waals surface area contributed by atoms with Gasteiger partial charge in [-0.25, -0.2) is 9.18 Å². The van der Waals surface area contributed by atoms with Crippen molar-refractivity contribution >= 4 is 12.0 Å². The first-order valence-corrected chi connectivity index (χ1v) is 12.4. The van der Waals surface area contributed by atoms with Crippen LogP contribution >= 0.6 is 0 Å². The molecular formula is C27H36FN3O4. The van der Waals surface area contributed by atoms with E-state index in [4.69, 9.17) is 10.8 Å². The maximum atomic E-state index is 15.4. The first kappa shape index (κ1) is 26.6. The van der Waals surface area contributed by atoms with E-state index in [0.717, 1.165) is 12.0 Å². The second-order valence-electron chi connectivity index (χ2n) is 9.19. The molecule has 35 heavy (non-hydrogen) atoms. The number of halogens is 1. The summed E-state index contributed by atoms with van der Waals surface area (Å²) in [5.41, 5.74) is 6.69. The molecule has 2 amide bonds. The van der Waals surface area contributed by atoms with E-state index in [9.17, 15) is 14.7 Å². The molecule has 0 radical (unpaired) electrons. The van der Waals surface area contributed by atoms with E-state index in [1.165, 1.54) is 6.07 Å². The van der Waals surface area contributed by atoms with Gasteiger partial charge in [0.05, 0.1) is 5.60 Å². The summed E-state index contributed by atoms with van der Waals surface area (Å²) in [5.74, 6) is -0.815. The maximum absolute atomic E-state index is 15.4. The lowest BCUT2D eigenvalue weighted by atomic mass is 9.72. The largest absolute Gasteiger partial charge is 0.465 e. The van der Waals surface area contributed by atoms with Crippen molar-refractivity contribution < 1.29 is 24.2 Å². The van der Waals surface area contributed by atoms with Gasteiger partial charge in [0.2, 0.25) is 5.91 Å². The molecule has 0 aliphatic carbocycles. The minimum absolute atomic E-state index is 0.0535. The number of nitrogens with zero attached hydrogens (tertiary/aromatic N) is 1. The smallest absolute Gasteiger partial charge is 0.404 e. The highest BCUT2D eigenvalue weighted by Crippen LogP contribution is 2.44. The summed E-state index contributed by atoms with van der Waals surface area (Å²) >= 11 is 0. The van der Waals surface area contributed by atoms with Crippen LogP contribution in [-0.4, -0.2) is 53.3 Å². The zero-order chi connectivity index (χ0) is 25.4. The minimum Gasteiger partial charge on any atom is -0.465 e. The van der Waals surface area contributed by atoms with E-state index >= 15 is 4.39 Å². The van der Waals surface area contributed by atoms with Gasteiger partial charge in [-0.1, -0.05) is 43.3 Å². The molecule has 0 aromatic heterocycles. The molecule has 1 fully saturated rings. The molecule has 190 valence electrons. The molecule has 3 rings (SSSR count). The van der Waals surface area contributed by atoms with Crippen LogP contribution in [0.5, 0.6) is 0 Å². The Kier molecular flexibility index (Phi) is 9.23. The third kappa shape index (κ3) is 6.38. The number of carbonyl (C=O) groups is 2. The summed E-state index contributed by atoms with van der Waals surface area (Å²) in [4.78, 5) is 25.3. The number of carbonyl (C=O) groups excluding carboxylic acids is 1. The van der Waals surface area contributed by atoms with Crippen LogP contribution in [0.15, 0.2) is 42.5 Å². The van der Waals surface area contributed by atoms with Crippen molar-refractivity contribution in [3.8, 4) is 11.1 Å². The van der Waals surface area contributed by atoms with Crippen LogP contribution in [0.4, 0.5) is 9.18 Å². The molecule has 7 nitrogen and oxygen atoms in total. The van der Waals surface area contributed by atoms with Crippen LogP contribution in [0, 0.1) is 11.7 Å². The Balaban J connectivity index is 2.05. The van der Waals surface area contributed by atoms with E-state index in [0.29, 0.717) is 49.0 Å². The topological polar surface area (TPSA) is 116 Å². The monoisotopic (exact) mass is 485 g/mol. The minimum atomic E-state index is -1.46. The molecule has 1 saturated heterocycles. The number of aliphatic hydroxyl groups is 1. The zero-order valence-corrected chi connectivity index (χ0v) is 20.3. The van der Waals surface area contributed by atoms with Crippen molar-refractivity contribution in [3.63, 3.8) is 0 Å². The molecule has 0 bridgehead atoms. The number of hydrogen-bond acceptors (Lipinski definition) is 4. The Bertz CT molecular complexity index is 1030. The molecule has 2 atom stereocenters. The fraction of sp³-hybridized carbons (Fsp3) is 0.481. The number of nitrogens with one attached hydrogen (secondary N) is 1. The number of carboxylic acid groups (broad SMARTS) is 1. The van der Waals surface area contributed by atoms with Gasteiger partial charge >= 0.3 is 6.09 Å². The van der Waals surface area contributed by atoms with E-state index < -0.39 is 17.5 Å². The fourth-order valence-electron chi connectivity index (χ4n) is 5.11. The number of benzene rings is 2. The molecular weight excluding hydrogens is 449 g/mol. The van der Waals surface area contributed by atoms with Crippen LogP contribution in [0.3, 0.4) is 0 Å². The van der Waals surface area contributed by atoms with Crippen LogP contribution < -0.4 is 11.1 Å². The molecule has 0 saturated carbocycles. The van der Waals surface area contributed by atoms with Gasteiger partial charge in [-0.2, -0.15) is 0 Å². The Hall–Kier alpha value is -2.97. The van der Waals surface area contributed by atoms with Gasteiger partial charge in [0.15, 0.2) is 0 Å². The molecule has 2 unspecified atom stereocenters. The Morgan fingerprint density at radius 3 is 2.74 bits per heavy atom. The van der Waals surface area contributed by atoms with E-state index in [1.54, 1.807) is 17.0 Å². The second-order valence-corrected chi connectivity index (χ2v) is 9.19. The standard InChI is InChI=1S/C27H36FN3O4/c1-2-19-7-3-8-20(17-19)25-22(10-4-11-23(25)28)27(35,13-6-15-30-26(33)34)21-9-5-16-31(18-21)24(32)12-14-29/h3-4,7-8,10-11,17,21,30,35H,2,5-6,9,12-16,18,29H2,1H3,(H,33,34).